The third kappa shape index (κ3) is 4.15. The first kappa shape index (κ1) is 14.7. The van der Waals surface area contributed by atoms with Crippen molar-refractivity contribution >= 4 is 11.8 Å². The third-order valence-corrected chi connectivity index (χ3v) is 3.05. The van der Waals surface area contributed by atoms with Crippen molar-refractivity contribution in [1.82, 2.24) is 10.8 Å². The lowest BCUT2D eigenvalue weighted by Crippen LogP contribution is -2.47. The lowest BCUT2D eigenvalue weighted by Gasteiger charge is -2.17. The molecule has 0 radical (unpaired) electrons. The summed E-state index contributed by atoms with van der Waals surface area (Å²) in [5, 5.41) is 11.4. The van der Waals surface area contributed by atoms with E-state index in [-0.39, 0.29) is 5.91 Å². The van der Waals surface area contributed by atoms with Crippen molar-refractivity contribution < 1.29 is 14.8 Å². The zero-order chi connectivity index (χ0) is 15.1. The molecule has 0 aromatic heterocycles. The molecule has 0 unspecified atom stereocenters. The van der Waals surface area contributed by atoms with Crippen molar-refractivity contribution in [2.24, 2.45) is 0 Å². The number of carbonyl (C=O) groups is 2. The molecule has 21 heavy (non-hydrogen) atoms. The molecule has 0 aliphatic carbocycles. The predicted octanol–water partition coefficient (Wildman–Crippen LogP) is 1.53. The van der Waals surface area contributed by atoms with Gasteiger partial charge in [-0.1, -0.05) is 48.5 Å². The quantitative estimate of drug-likeness (QED) is 0.575. The van der Waals surface area contributed by atoms with Gasteiger partial charge in [-0.2, -0.15) is 0 Å². The summed E-state index contributed by atoms with van der Waals surface area (Å²) in [5.41, 5.74) is 2.94. The van der Waals surface area contributed by atoms with Gasteiger partial charge in [0.15, 0.2) is 0 Å². The van der Waals surface area contributed by atoms with Crippen LogP contribution in [-0.2, 0) is 11.2 Å². The van der Waals surface area contributed by atoms with Crippen LogP contribution in [0, 0.1) is 0 Å². The molecule has 0 heterocycles. The summed E-state index contributed by atoms with van der Waals surface area (Å²) in [6, 6.07) is 17.0. The van der Waals surface area contributed by atoms with Crippen molar-refractivity contribution in [3.05, 3.63) is 71.8 Å². The van der Waals surface area contributed by atoms with Crippen molar-refractivity contribution in [3.63, 3.8) is 0 Å². The maximum Gasteiger partial charge on any atom is 0.266 e. The van der Waals surface area contributed by atoms with Crippen LogP contribution in [0.25, 0.3) is 0 Å². The van der Waals surface area contributed by atoms with Crippen molar-refractivity contribution in [1.29, 1.82) is 0 Å². The van der Waals surface area contributed by atoms with E-state index in [2.05, 4.69) is 5.32 Å². The molecule has 2 aromatic rings. The number of hydroxylamine groups is 1. The van der Waals surface area contributed by atoms with Gasteiger partial charge in [-0.15, -0.1) is 0 Å². The Hall–Kier alpha value is -2.66. The second kappa shape index (κ2) is 7.21. The van der Waals surface area contributed by atoms with E-state index in [1.54, 1.807) is 35.8 Å². The van der Waals surface area contributed by atoms with Gasteiger partial charge < -0.3 is 5.32 Å². The third-order valence-electron chi connectivity index (χ3n) is 3.05. The average molecular weight is 284 g/mol. The van der Waals surface area contributed by atoms with Gasteiger partial charge in [-0.25, -0.2) is 5.48 Å². The molecule has 2 rings (SSSR count). The minimum atomic E-state index is -0.842. The van der Waals surface area contributed by atoms with Gasteiger partial charge in [0.25, 0.3) is 11.8 Å². The molecule has 0 spiro atoms. The molecule has 0 aliphatic heterocycles. The Kier molecular flexibility index (Phi) is 5.06. The molecular weight excluding hydrogens is 268 g/mol. The highest BCUT2D eigenvalue weighted by molar-refractivity contribution is 5.97. The SMILES string of the molecule is O=C(N[C@@H](Cc1ccccc1)C(=O)NO)c1ccccc1. The second-order valence-electron chi connectivity index (χ2n) is 4.56. The minimum Gasteiger partial charge on any atom is -0.340 e. The Bertz CT molecular complexity index is 599. The van der Waals surface area contributed by atoms with Crippen LogP contribution in [0.1, 0.15) is 15.9 Å². The lowest BCUT2D eigenvalue weighted by molar-refractivity contribution is -0.131. The Morgan fingerprint density at radius 3 is 2.10 bits per heavy atom. The summed E-state index contributed by atoms with van der Waals surface area (Å²) in [6.45, 7) is 0. The molecule has 5 nitrogen and oxygen atoms in total. The highest BCUT2D eigenvalue weighted by atomic mass is 16.5. The van der Waals surface area contributed by atoms with Crippen LogP contribution in [0.15, 0.2) is 60.7 Å². The van der Waals surface area contributed by atoms with Crippen LogP contribution in [0.2, 0.25) is 0 Å². The summed E-state index contributed by atoms with van der Waals surface area (Å²) in [7, 11) is 0. The van der Waals surface area contributed by atoms with E-state index < -0.39 is 11.9 Å². The molecule has 3 N–H and O–H groups in total. The lowest BCUT2D eigenvalue weighted by atomic mass is 10.0. The first-order chi connectivity index (χ1) is 10.2. The Labute approximate surface area is 122 Å². The topological polar surface area (TPSA) is 78.4 Å². The molecule has 0 fully saturated rings. The van der Waals surface area contributed by atoms with Crippen LogP contribution in [0.5, 0.6) is 0 Å². The maximum absolute atomic E-state index is 12.1. The molecule has 1 atom stereocenters. The van der Waals surface area contributed by atoms with Gasteiger partial charge in [0.2, 0.25) is 0 Å². The normalized spacial score (nSPS) is 11.5. The minimum absolute atomic E-state index is 0.297. The van der Waals surface area contributed by atoms with Gasteiger partial charge in [0, 0.05) is 12.0 Å². The average Bonchev–Trinajstić information content (AvgIpc) is 2.55. The van der Waals surface area contributed by atoms with E-state index in [4.69, 9.17) is 5.21 Å². The van der Waals surface area contributed by atoms with Gasteiger partial charge in [0.05, 0.1) is 0 Å². The number of rotatable bonds is 5. The van der Waals surface area contributed by atoms with E-state index in [0.717, 1.165) is 5.56 Å². The monoisotopic (exact) mass is 284 g/mol. The molecule has 0 aliphatic rings. The van der Waals surface area contributed by atoms with E-state index in [9.17, 15) is 9.59 Å². The van der Waals surface area contributed by atoms with Crippen LogP contribution in [0.4, 0.5) is 0 Å². The molecule has 5 heteroatoms. The first-order valence-corrected chi connectivity index (χ1v) is 6.54. The Balaban J connectivity index is 2.10. The van der Waals surface area contributed by atoms with Gasteiger partial charge in [-0.3, -0.25) is 14.8 Å². The van der Waals surface area contributed by atoms with Gasteiger partial charge in [-0.05, 0) is 17.7 Å². The number of hydrogen-bond acceptors (Lipinski definition) is 3. The van der Waals surface area contributed by atoms with Crippen molar-refractivity contribution in [2.75, 3.05) is 0 Å². The highest BCUT2D eigenvalue weighted by Crippen LogP contribution is 2.05. The predicted molar refractivity (Wildman–Crippen MR) is 77.8 cm³/mol. The fourth-order valence-corrected chi connectivity index (χ4v) is 1.97. The Morgan fingerprint density at radius 1 is 0.952 bits per heavy atom. The number of nitrogens with one attached hydrogen (secondary N) is 2. The summed E-state index contributed by atoms with van der Waals surface area (Å²) in [4.78, 5) is 23.8. The van der Waals surface area contributed by atoms with Crippen molar-refractivity contribution in [3.8, 4) is 0 Å². The van der Waals surface area contributed by atoms with Crippen LogP contribution < -0.4 is 10.8 Å². The van der Waals surface area contributed by atoms with Crippen LogP contribution >= 0.6 is 0 Å². The number of amides is 2. The summed E-state index contributed by atoms with van der Waals surface area (Å²) in [5.74, 6) is -1.01. The molecule has 108 valence electrons. The van der Waals surface area contributed by atoms with E-state index >= 15 is 0 Å². The van der Waals surface area contributed by atoms with E-state index in [1.165, 1.54) is 0 Å². The molecule has 0 saturated carbocycles. The number of carbonyl (C=O) groups excluding carboxylic acids is 2. The second-order valence-corrected chi connectivity index (χ2v) is 4.56. The van der Waals surface area contributed by atoms with Crippen molar-refractivity contribution in [2.45, 2.75) is 12.5 Å². The van der Waals surface area contributed by atoms with Crippen LogP contribution in [-0.4, -0.2) is 23.1 Å². The standard InChI is InChI=1S/C16H16N2O3/c19-15(13-9-5-2-6-10-13)17-14(16(20)18-21)11-12-7-3-1-4-8-12/h1-10,14,21H,11H2,(H,17,19)(H,18,20)/t14-/m0/s1. The fourth-order valence-electron chi connectivity index (χ4n) is 1.97. The zero-order valence-electron chi connectivity index (χ0n) is 11.3. The smallest absolute Gasteiger partial charge is 0.266 e. The van der Waals surface area contributed by atoms with Crippen LogP contribution in [0.3, 0.4) is 0 Å². The van der Waals surface area contributed by atoms with E-state index in [0.29, 0.717) is 12.0 Å². The molecule has 0 bridgehead atoms. The number of hydrogen-bond donors (Lipinski definition) is 3. The molecule has 2 amide bonds. The fraction of sp³-hybridized carbons (Fsp3) is 0.125. The highest BCUT2D eigenvalue weighted by Gasteiger charge is 2.21. The molecule has 0 saturated heterocycles. The molecular formula is C16H16N2O3. The number of benzene rings is 2. The zero-order valence-corrected chi connectivity index (χ0v) is 11.3. The summed E-state index contributed by atoms with van der Waals surface area (Å²) < 4.78 is 0. The summed E-state index contributed by atoms with van der Waals surface area (Å²) >= 11 is 0. The van der Waals surface area contributed by atoms with Gasteiger partial charge in [0.1, 0.15) is 6.04 Å². The Morgan fingerprint density at radius 2 is 1.52 bits per heavy atom. The maximum atomic E-state index is 12.1. The molecule has 2 aromatic carbocycles. The van der Waals surface area contributed by atoms with Gasteiger partial charge >= 0.3 is 0 Å². The largest absolute Gasteiger partial charge is 0.340 e. The van der Waals surface area contributed by atoms with E-state index in [1.807, 2.05) is 30.3 Å². The summed E-state index contributed by atoms with van der Waals surface area (Å²) in [6.07, 6.45) is 0.297. The first-order valence-electron chi connectivity index (χ1n) is 6.54.